The first-order valence-electron chi connectivity index (χ1n) is 6.50. The number of amides is 1. The molecule has 0 aliphatic carbocycles. The van der Waals surface area contributed by atoms with Crippen molar-refractivity contribution in [2.75, 3.05) is 6.54 Å². The molecule has 0 atom stereocenters. The zero-order valence-electron chi connectivity index (χ0n) is 11.4. The number of nitrogens with one attached hydrogen (secondary N) is 1. The first kappa shape index (κ1) is 13.8. The van der Waals surface area contributed by atoms with E-state index >= 15 is 0 Å². The normalized spacial score (nSPS) is 9.45. The third-order valence-corrected chi connectivity index (χ3v) is 2.76. The molecule has 2 aromatic rings. The summed E-state index contributed by atoms with van der Waals surface area (Å²) in [4.78, 5) is 15.8. The minimum atomic E-state index is -0.262. The average molecular weight is 264 g/mol. The van der Waals surface area contributed by atoms with Gasteiger partial charge in [-0.25, -0.2) is 0 Å². The van der Waals surface area contributed by atoms with Crippen LogP contribution in [0.15, 0.2) is 48.7 Å². The van der Waals surface area contributed by atoms with E-state index in [1.807, 2.05) is 49.4 Å². The van der Waals surface area contributed by atoms with Crippen molar-refractivity contribution in [3.8, 4) is 11.8 Å². The van der Waals surface area contributed by atoms with Crippen LogP contribution in [-0.4, -0.2) is 17.4 Å². The van der Waals surface area contributed by atoms with Crippen molar-refractivity contribution in [2.24, 2.45) is 0 Å². The molecule has 0 fully saturated rings. The van der Waals surface area contributed by atoms with Gasteiger partial charge in [-0.3, -0.25) is 9.78 Å². The van der Waals surface area contributed by atoms with Crippen LogP contribution in [0.1, 0.15) is 16.8 Å². The maximum Gasteiger partial charge on any atom is 0.296 e. The van der Waals surface area contributed by atoms with Gasteiger partial charge in [0, 0.05) is 36.3 Å². The van der Waals surface area contributed by atoms with Crippen LogP contribution in [0.5, 0.6) is 0 Å². The molecule has 0 saturated carbocycles. The molecular weight excluding hydrogens is 248 g/mol. The van der Waals surface area contributed by atoms with Gasteiger partial charge in [0.15, 0.2) is 0 Å². The van der Waals surface area contributed by atoms with Crippen LogP contribution in [-0.2, 0) is 11.2 Å². The molecule has 2 rings (SSSR count). The minimum Gasteiger partial charge on any atom is -0.345 e. The number of nitrogens with zero attached hydrogens (tertiary/aromatic N) is 1. The fourth-order valence-corrected chi connectivity index (χ4v) is 1.66. The number of pyridine rings is 1. The fraction of sp³-hybridized carbons (Fsp3) is 0.176. The Morgan fingerprint density at radius 3 is 2.70 bits per heavy atom. The zero-order chi connectivity index (χ0) is 14.2. The highest BCUT2D eigenvalue weighted by atomic mass is 16.1. The Kier molecular flexibility index (Phi) is 4.91. The van der Waals surface area contributed by atoms with E-state index in [4.69, 9.17) is 0 Å². The highest BCUT2D eigenvalue weighted by Crippen LogP contribution is 2.00. The number of rotatable bonds is 3. The molecule has 0 spiro atoms. The molecule has 1 N–H and O–H groups in total. The number of aromatic nitrogens is 1. The van der Waals surface area contributed by atoms with Gasteiger partial charge in [0.2, 0.25) is 0 Å². The van der Waals surface area contributed by atoms with Crippen LogP contribution in [0, 0.1) is 18.8 Å². The molecule has 1 aromatic heterocycles. The molecule has 1 aromatic carbocycles. The molecule has 0 bridgehead atoms. The van der Waals surface area contributed by atoms with Crippen molar-refractivity contribution < 1.29 is 4.79 Å². The number of hydrogen-bond acceptors (Lipinski definition) is 2. The Hall–Kier alpha value is -2.60. The first-order valence-corrected chi connectivity index (χ1v) is 6.50. The van der Waals surface area contributed by atoms with Gasteiger partial charge in [0.05, 0.1) is 0 Å². The summed E-state index contributed by atoms with van der Waals surface area (Å²) in [6.07, 6.45) is 2.45. The number of carbonyl (C=O) groups excluding carboxylic acids is 1. The summed E-state index contributed by atoms with van der Waals surface area (Å²) in [7, 11) is 0. The molecule has 20 heavy (non-hydrogen) atoms. The highest BCUT2D eigenvalue weighted by Gasteiger charge is 1.96. The van der Waals surface area contributed by atoms with Gasteiger partial charge in [-0.1, -0.05) is 29.7 Å². The molecule has 100 valence electrons. The molecule has 0 aliphatic heterocycles. The quantitative estimate of drug-likeness (QED) is 0.863. The van der Waals surface area contributed by atoms with Crippen molar-refractivity contribution >= 4 is 5.91 Å². The molecule has 3 nitrogen and oxygen atoms in total. The average Bonchev–Trinajstić information content (AvgIpc) is 2.48. The van der Waals surface area contributed by atoms with Gasteiger partial charge in [-0.05, 0) is 31.2 Å². The molecule has 0 aliphatic rings. The highest BCUT2D eigenvalue weighted by molar-refractivity contribution is 5.94. The molecule has 0 unspecified atom stereocenters. The van der Waals surface area contributed by atoms with Crippen LogP contribution in [0.3, 0.4) is 0 Å². The molecule has 0 saturated heterocycles. The second-order valence-corrected chi connectivity index (χ2v) is 4.44. The van der Waals surface area contributed by atoms with E-state index in [-0.39, 0.29) is 5.91 Å². The molecule has 3 heteroatoms. The Bertz CT molecular complexity index is 622. The summed E-state index contributed by atoms with van der Waals surface area (Å²) >= 11 is 0. The van der Waals surface area contributed by atoms with Crippen molar-refractivity contribution in [2.45, 2.75) is 13.3 Å². The lowest BCUT2D eigenvalue weighted by Gasteiger charge is -2.00. The van der Waals surface area contributed by atoms with Crippen molar-refractivity contribution in [3.63, 3.8) is 0 Å². The summed E-state index contributed by atoms with van der Waals surface area (Å²) in [6.45, 7) is 2.56. The second-order valence-electron chi connectivity index (χ2n) is 4.44. The summed E-state index contributed by atoms with van der Waals surface area (Å²) in [5, 5.41) is 2.76. The molecule has 0 radical (unpaired) electrons. The van der Waals surface area contributed by atoms with Crippen molar-refractivity contribution in [3.05, 3.63) is 65.5 Å². The number of hydrogen-bond donors (Lipinski definition) is 1. The zero-order valence-corrected chi connectivity index (χ0v) is 11.4. The number of carbonyl (C=O) groups is 1. The van der Waals surface area contributed by atoms with Crippen molar-refractivity contribution in [1.82, 2.24) is 10.3 Å². The largest absolute Gasteiger partial charge is 0.345 e. The van der Waals surface area contributed by atoms with E-state index in [2.05, 4.69) is 22.1 Å². The summed E-state index contributed by atoms with van der Waals surface area (Å²) in [6, 6.07) is 13.5. The van der Waals surface area contributed by atoms with Crippen LogP contribution in [0.25, 0.3) is 0 Å². The molecule has 1 amide bonds. The molecular formula is C17H16N2O. The van der Waals surface area contributed by atoms with E-state index in [0.29, 0.717) is 13.0 Å². The van der Waals surface area contributed by atoms with E-state index in [9.17, 15) is 4.79 Å². The van der Waals surface area contributed by atoms with E-state index < -0.39 is 0 Å². The maximum absolute atomic E-state index is 11.6. The first-order chi connectivity index (χ1) is 9.74. The Morgan fingerprint density at radius 2 is 2.00 bits per heavy atom. The van der Waals surface area contributed by atoms with E-state index in [1.54, 1.807) is 6.20 Å². The second kappa shape index (κ2) is 7.10. The van der Waals surface area contributed by atoms with E-state index in [0.717, 1.165) is 11.3 Å². The third kappa shape index (κ3) is 4.58. The Balaban J connectivity index is 1.80. The third-order valence-electron chi connectivity index (χ3n) is 2.76. The predicted octanol–water partition coefficient (Wildman–Crippen LogP) is 2.10. The Labute approximate surface area is 119 Å². The smallest absolute Gasteiger partial charge is 0.296 e. The maximum atomic E-state index is 11.6. The van der Waals surface area contributed by atoms with Gasteiger partial charge < -0.3 is 5.32 Å². The van der Waals surface area contributed by atoms with Gasteiger partial charge in [-0.2, -0.15) is 0 Å². The van der Waals surface area contributed by atoms with Crippen LogP contribution in [0.4, 0.5) is 0 Å². The van der Waals surface area contributed by atoms with Gasteiger partial charge in [0.25, 0.3) is 5.91 Å². The lowest BCUT2D eigenvalue weighted by molar-refractivity contribution is -0.115. The lowest BCUT2D eigenvalue weighted by atomic mass is 10.1. The predicted molar refractivity (Wildman–Crippen MR) is 79.0 cm³/mol. The van der Waals surface area contributed by atoms with Crippen LogP contribution >= 0.6 is 0 Å². The minimum absolute atomic E-state index is 0.262. The standard InChI is InChI=1S/C17H16N2O/c1-14-5-7-15(8-6-14)9-10-17(20)19-13-11-16-4-2-3-12-18-16/h2-8,12H,11,13H2,1H3,(H,19,20). The number of benzene rings is 1. The van der Waals surface area contributed by atoms with E-state index in [1.165, 1.54) is 5.56 Å². The van der Waals surface area contributed by atoms with Gasteiger partial charge in [-0.15, -0.1) is 0 Å². The fourth-order valence-electron chi connectivity index (χ4n) is 1.66. The SMILES string of the molecule is Cc1ccc(C#CC(=O)NCCc2ccccn2)cc1. The van der Waals surface area contributed by atoms with Crippen molar-refractivity contribution in [1.29, 1.82) is 0 Å². The van der Waals surface area contributed by atoms with Crippen LogP contribution in [0.2, 0.25) is 0 Å². The van der Waals surface area contributed by atoms with Gasteiger partial charge in [0.1, 0.15) is 0 Å². The number of aryl methyl sites for hydroxylation is 1. The summed E-state index contributed by atoms with van der Waals surface area (Å²) < 4.78 is 0. The molecule has 1 heterocycles. The summed E-state index contributed by atoms with van der Waals surface area (Å²) in [5.41, 5.74) is 2.98. The van der Waals surface area contributed by atoms with Crippen LogP contribution < -0.4 is 5.32 Å². The lowest BCUT2D eigenvalue weighted by Crippen LogP contribution is -2.24. The Morgan fingerprint density at radius 1 is 1.20 bits per heavy atom. The monoisotopic (exact) mass is 264 g/mol. The van der Waals surface area contributed by atoms with Gasteiger partial charge >= 0.3 is 0 Å². The summed E-state index contributed by atoms with van der Waals surface area (Å²) in [5.74, 6) is 5.16. The topological polar surface area (TPSA) is 42.0 Å².